The van der Waals surface area contributed by atoms with Gasteiger partial charge in [-0.05, 0) is 56.2 Å². The molecule has 1 N–H and O–H groups in total. The minimum Gasteiger partial charge on any atom is -0.383 e. The van der Waals surface area contributed by atoms with Crippen molar-refractivity contribution in [2.75, 3.05) is 25.5 Å². The topological polar surface area (TPSA) is 50.2 Å². The molecule has 0 amide bonds. The van der Waals surface area contributed by atoms with Gasteiger partial charge in [0.15, 0.2) is 0 Å². The smallest absolute Gasteiger partial charge is 0.284 e. The Morgan fingerprint density at radius 2 is 2.24 bits per heavy atom. The van der Waals surface area contributed by atoms with Crippen LogP contribution in [0.1, 0.15) is 26.7 Å². The molecule has 5 nitrogen and oxygen atoms in total. The molecule has 0 fully saturated rings. The molecular formula is C15H23BrN4O. The Morgan fingerprint density at radius 1 is 1.52 bits per heavy atom. The molecular weight excluding hydrogens is 332 g/mol. The van der Waals surface area contributed by atoms with Crippen molar-refractivity contribution in [1.29, 1.82) is 0 Å². The van der Waals surface area contributed by atoms with Crippen LogP contribution in [-0.2, 0) is 6.54 Å². The molecule has 21 heavy (non-hydrogen) atoms. The van der Waals surface area contributed by atoms with Gasteiger partial charge >= 0.3 is 0 Å². The lowest BCUT2D eigenvalue weighted by Gasteiger charge is -2.20. The highest BCUT2D eigenvalue weighted by Crippen LogP contribution is 2.16. The molecule has 0 radical (unpaired) electrons. The highest BCUT2D eigenvalue weighted by atomic mass is 79.9. The fraction of sp³-hybridized carbons (Fsp3) is 0.600. The van der Waals surface area contributed by atoms with E-state index in [2.05, 4.69) is 58.1 Å². The second kappa shape index (κ2) is 8.85. The van der Waals surface area contributed by atoms with Gasteiger partial charge < -0.3 is 10.2 Å². The van der Waals surface area contributed by atoms with E-state index in [1.54, 1.807) is 6.20 Å². The molecule has 0 saturated heterocycles. The highest BCUT2D eigenvalue weighted by Gasteiger charge is 2.08. The van der Waals surface area contributed by atoms with Gasteiger partial charge in [0, 0.05) is 12.6 Å². The number of unbranched alkanes of at least 4 members (excludes halogenated alkanes) is 1. The van der Waals surface area contributed by atoms with Crippen molar-refractivity contribution in [3.8, 4) is 12.3 Å². The van der Waals surface area contributed by atoms with Crippen molar-refractivity contribution in [3.05, 3.63) is 21.0 Å². The van der Waals surface area contributed by atoms with Crippen LogP contribution in [0.4, 0.5) is 5.69 Å². The summed E-state index contributed by atoms with van der Waals surface area (Å²) in [5.41, 5.74) is 0.503. The number of halogens is 1. The highest BCUT2D eigenvalue weighted by molar-refractivity contribution is 9.10. The SMILES string of the molecule is C#CCn1ncc(NCCCCN(C)C(C)C)c(Br)c1=O. The van der Waals surface area contributed by atoms with Crippen molar-refractivity contribution >= 4 is 21.6 Å². The Balaban J connectivity index is 2.45. The average molecular weight is 355 g/mol. The van der Waals surface area contributed by atoms with E-state index in [-0.39, 0.29) is 12.1 Å². The van der Waals surface area contributed by atoms with E-state index >= 15 is 0 Å². The zero-order valence-corrected chi connectivity index (χ0v) is 14.5. The zero-order chi connectivity index (χ0) is 15.8. The fourth-order valence-corrected chi connectivity index (χ4v) is 2.20. The second-order valence-electron chi connectivity index (χ2n) is 5.25. The van der Waals surface area contributed by atoms with Crippen molar-refractivity contribution in [1.82, 2.24) is 14.7 Å². The fourth-order valence-electron chi connectivity index (χ4n) is 1.75. The lowest BCUT2D eigenvalue weighted by atomic mass is 10.2. The van der Waals surface area contributed by atoms with E-state index in [4.69, 9.17) is 6.42 Å². The first-order chi connectivity index (χ1) is 9.97. The molecule has 6 heteroatoms. The van der Waals surface area contributed by atoms with Crippen LogP contribution in [0, 0.1) is 12.3 Å². The minimum atomic E-state index is -0.211. The van der Waals surface area contributed by atoms with Gasteiger partial charge in [0.05, 0.1) is 11.9 Å². The molecule has 0 atom stereocenters. The Kier molecular flexibility index (Phi) is 7.48. The summed E-state index contributed by atoms with van der Waals surface area (Å²) in [5, 5.41) is 7.27. The van der Waals surface area contributed by atoms with Crippen LogP contribution in [0.25, 0.3) is 0 Å². The van der Waals surface area contributed by atoms with Gasteiger partial charge in [-0.1, -0.05) is 5.92 Å². The third-order valence-electron chi connectivity index (χ3n) is 3.36. The summed E-state index contributed by atoms with van der Waals surface area (Å²) < 4.78 is 1.74. The first-order valence-corrected chi connectivity index (χ1v) is 7.89. The lowest BCUT2D eigenvalue weighted by molar-refractivity contribution is 0.269. The molecule has 0 spiro atoms. The van der Waals surface area contributed by atoms with Crippen molar-refractivity contribution in [3.63, 3.8) is 0 Å². The van der Waals surface area contributed by atoms with E-state index in [9.17, 15) is 4.79 Å². The van der Waals surface area contributed by atoms with Crippen molar-refractivity contribution < 1.29 is 0 Å². The summed E-state index contributed by atoms with van der Waals surface area (Å²) in [5.74, 6) is 2.41. The van der Waals surface area contributed by atoms with Crippen LogP contribution in [-0.4, -0.2) is 40.9 Å². The first-order valence-electron chi connectivity index (χ1n) is 7.10. The largest absolute Gasteiger partial charge is 0.383 e. The summed E-state index contributed by atoms with van der Waals surface area (Å²) >= 11 is 3.30. The van der Waals surface area contributed by atoms with E-state index in [0.29, 0.717) is 16.2 Å². The van der Waals surface area contributed by atoms with Gasteiger partial charge in [-0.15, -0.1) is 6.42 Å². The predicted molar refractivity (Wildman–Crippen MR) is 90.5 cm³/mol. The maximum Gasteiger partial charge on any atom is 0.284 e. The maximum absolute atomic E-state index is 11.9. The number of nitrogens with one attached hydrogen (secondary N) is 1. The van der Waals surface area contributed by atoms with Gasteiger partial charge in [0.1, 0.15) is 11.0 Å². The molecule has 1 aromatic rings. The standard InChI is InChI=1S/C15H23BrN4O/c1-5-9-20-15(21)14(16)13(11-18-20)17-8-6-7-10-19(4)12(2)3/h1,11-12,17H,6-10H2,2-4H3. The second-order valence-corrected chi connectivity index (χ2v) is 6.04. The van der Waals surface area contributed by atoms with Gasteiger partial charge in [-0.25, -0.2) is 4.68 Å². The Bertz CT molecular complexity index is 548. The molecule has 116 valence electrons. The molecule has 0 unspecified atom stereocenters. The Hall–Kier alpha value is -1.32. The zero-order valence-electron chi connectivity index (χ0n) is 12.9. The molecule has 0 saturated carbocycles. The monoisotopic (exact) mass is 354 g/mol. The van der Waals surface area contributed by atoms with Crippen LogP contribution >= 0.6 is 15.9 Å². The Morgan fingerprint density at radius 3 is 2.86 bits per heavy atom. The van der Waals surface area contributed by atoms with Crippen LogP contribution in [0.3, 0.4) is 0 Å². The summed E-state index contributed by atoms with van der Waals surface area (Å²) in [6, 6.07) is 0.569. The van der Waals surface area contributed by atoms with Crippen molar-refractivity contribution in [2.24, 2.45) is 0 Å². The summed E-state index contributed by atoms with van der Waals surface area (Å²) in [7, 11) is 2.13. The van der Waals surface area contributed by atoms with Crippen LogP contribution < -0.4 is 10.9 Å². The number of nitrogens with zero attached hydrogens (tertiary/aromatic N) is 3. The summed E-state index contributed by atoms with van der Waals surface area (Å²) in [6.07, 6.45) is 8.97. The van der Waals surface area contributed by atoms with E-state index in [1.165, 1.54) is 4.68 Å². The molecule has 1 heterocycles. The van der Waals surface area contributed by atoms with Crippen LogP contribution in [0.5, 0.6) is 0 Å². The van der Waals surface area contributed by atoms with Crippen LogP contribution in [0.2, 0.25) is 0 Å². The van der Waals surface area contributed by atoms with Gasteiger partial charge in [-0.2, -0.15) is 5.10 Å². The molecule has 1 rings (SSSR count). The summed E-state index contributed by atoms with van der Waals surface area (Å²) in [4.78, 5) is 14.3. The van der Waals surface area contributed by atoms with Crippen molar-refractivity contribution in [2.45, 2.75) is 39.3 Å². The number of hydrogen-bond acceptors (Lipinski definition) is 4. The average Bonchev–Trinajstić information content (AvgIpc) is 2.45. The number of anilines is 1. The molecule has 0 aliphatic carbocycles. The molecule has 0 aliphatic heterocycles. The number of aromatic nitrogens is 2. The molecule has 0 aliphatic rings. The van der Waals surface area contributed by atoms with E-state index in [0.717, 1.165) is 25.9 Å². The first kappa shape index (κ1) is 17.7. The normalized spacial score (nSPS) is 10.9. The number of terminal acetylenes is 1. The Labute approximate surface area is 134 Å². The van der Waals surface area contributed by atoms with E-state index in [1.807, 2.05) is 0 Å². The van der Waals surface area contributed by atoms with Gasteiger partial charge in [-0.3, -0.25) is 4.79 Å². The van der Waals surface area contributed by atoms with Crippen LogP contribution in [0.15, 0.2) is 15.5 Å². The quantitative estimate of drug-likeness (QED) is 0.574. The maximum atomic E-state index is 11.9. The molecule has 0 bridgehead atoms. The molecule has 1 aromatic heterocycles. The predicted octanol–water partition coefficient (Wildman–Crippen LogP) is 2.17. The molecule has 0 aromatic carbocycles. The third-order valence-corrected chi connectivity index (χ3v) is 4.13. The third kappa shape index (κ3) is 5.52. The lowest BCUT2D eigenvalue weighted by Crippen LogP contribution is -2.27. The number of rotatable bonds is 8. The summed E-state index contributed by atoms with van der Waals surface area (Å²) in [6.45, 7) is 6.44. The van der Waals surface area contributed by atoms with Gasteiger partial charge in [0.25, 0.3) is 5.56 Å². The van der Waals surface area contributed by atoms with E-state index < -0.39 is 0 Å². The number of hydrogen-bond donors (Lipinski definition) is 1. The minimum absolute atomic E-state index is 0.180. The van der Waals surface area contributed by atoms with Gasteiger partial charge in [0.2, 0.25) is 0 Å².